The molecule has 0 aromatic heterocycles. The van der Waals surface area contributed by atoms with Gasteiger partial charge < -0.3 is 10.4 Å². The van der Waals surface area contributed by atoms with E-state index >= 15 is 0 Å². The molecular formula is C18H29NO. The zero-order valence-corrected chi connectivity index (χ0v) is 12.9. The number of hydrogen-bond acceptors (Lipinski definition) is 2. The number of benzene rings is 1. The van der Waals surface area contributed by atoms with Gasteiger partial charge >= 0.3 is 0 Å². The summed E-state index contributed by atoms with van der Waals surface area (Å²) in [7, 11) is 0. The fourth-order valence-electron chi connectivity index (χ4n) is 3.29. The molecular weight excluding hydrogens is 246 g/mol. The highest BCUT2D eigenvalue weighted by atomic mass is 16.3. The standard InChI is InChI=1S/C18H29NO/c1-18(2,14-20)17(16-10-4-3-5-11-16)13-19-12-15-8-6-7-9-15/h3-5,10-11,15,17,19-20H,6-9,12-14H2,1-2H3. The highest BCUT2D eigenvalue weighted by molar-refractivity contribution is 5.22. The van der Waals surface area contributed by atoms with Gasteiger partial charge in [0, 0.05) is 19.1 Å². The van der Waals surface area contributed by atoms with E-state index in [2.05, 4.69) is 49.5 Å². The Hall–Kier alpha value is -0.860. The topological polar surface area (TPSA) is 32.3 Å². The van der Waals surface area contributed by atoms with Crippen LogP contribution in [0.15, 0.2) is 30.3 Å². The minimum atomic E-state index is -0.0932. The van der Waals surface area contributed by atoms with Gasteiger partial charge in [0.25, 0.3) is 0 Å². The smallest absolute Gasteiger partial charge is 0.0488 e. The molecule has 1 aliphatic carbocycles. The van der Waals surface area contributed by atoms with E-state index in [1.165, 1.54) is 31.2 Å². The molecule has 1 atom stereocenters. The molecule has 1 unspecified atom stereocenters. The first-order chi connectivity index (χ1) is 9.63. The van der Waals surface area contributed by atoms with Crippen LogP contribution in [-0.4, -0.2) is 24.8 Å². The number of hydrogen-bond donors (Lipinski definition) is 2. The average molecular weight is 275 g/mol. The Morgan fingerprint density at radius 2 is 1.85 bits per heavy atom. The van der Waals surface area contributed by atoms with Crippen LogP contribution in [-0.2, 0) is 0 Å². The Morgan fingerprint density at radius 3 is 2.45 bits per heavy atom. The summed E-state index contributed by atoms with van der Waals surface area (Å²) in [5.74, 6) is 1.22. The molecule has 0 saturated heterocycles. The summed E-state index contributed by atoms with van der Waals surface area (Å²) in [6.07, 6.45) is 5.56. The van der Waals surface area contributed by atoms with Gasteiger partial charge in [0.05, 0.1) is 0 Å². The van der Waals surface area contributed by atoms with Crippen molar-refractivity contribution in [2.75, 3.05) is 19.7 Å². The molecule has 2 rings (SSSR count). The van der Waals surface area contributed by atoms with Gasteiger partial charge in [-0.25, -0.2) is 0 Å². The molecule has 0 radical (unpaired) electrons. The lowest BCUT2D eigenvalue weighted by Crippen LogP contribution is -2.35. The van der Waals surface area contributed by atoms with Gasteiger partial charge in [-0.2, -0.15) is 0 Å². The molecule has 2 heteroatoms. The summed E-state index contributed by atoms with van der Waals surface area (Å²) in [4.78, 5) is 0. The van der Waals surface area contributed by atoms with Crippen molar-refractivity contribution in [3.8, 4) is 0 Å². The van der Waals surface area contributed by atoms with E-state index in [4.69, 9.17) is 0 Å². The third kappa shape index (κ3) is 4.07. The minimum absolute atomic E-state index is 0.0932. The maximum atomic E-state index is 9.71. The van der Waals surface area contributed by atoms with Crippen LogP contribution in [0.25, 0.3) is 0 Å². The first kappa shape index (κ1) is 15.5. The van der Waals surface area contributed by atoms with Gasteiger partial charge in [-0.3, -0.25) is 0 Å². The van der Waals surface area contributed by atoms with E-state index in [-0.39, 0.29) is 12.0 Å². The van der Waals surface area contributed by atoms with Crippen LogP contribution in [0, 0.1) is 11.3 Å². The van der Waals surface area contributed by atoms with Crippen LogP contribution < -0.4 is 5.32 Å². The summed E-state index contributed by atoms with van der Waals surface area (Å²) >= 11 is 0. The largest absolute Gasteiger partial charge is 0.396 e. The third-order valence-corrected chi connectivity index (χ3v) is 4.81. The van der Waals surface area contributed by atoms with Crippen molar-refractivity contribution >= 4 is 0 Å². The lowest BCUT2D eigenvalue weighted by molar-refractivity contribution is 0.128. The Bertz CT molecular complexity index is 382. The molecule has 0 bridgehead atoms. The number of aliphatic hydroxyl groups excluding tert-OH is 1. The summed E-state index contributed by atoms with van der Waals surface area (Å²) in [5.41, 5.74) is 1.23. The molecule has 1 aromatic carbocycles. The summed E-state index contributed by atoms with van der Waals surface area (Å²) in [6, 6.07) is 10.6. The molecule has 0 spiro atoms. The van der Waals surface area contributed by atoms with Gasteiger partial charge in [-0.15, -0.1) is 0 Å². The molecule has 1 aromatic rings. The first-order valence-electron chi connectivity index (χ1n) is 8.00. The van der Waals surface area contributed by atoms with Crippen LogP contribution in [0.5, 0.6) is 0 Å². The highest BCUT2D eigenvalue weighted by Crippen LogP contribution is 2.34. The van der Waals surface area contributed by atoms with Crippen LogP contribution in [0.2, 0.25) is 0 Å². The SMILES string of the molecule is CC(C)(CO)C(CNCC1CCCC1)c1ccccc1. The molecule has 0 heterocycles. The lowest BCUT2D eigenvalue weighted by atomic mass is 9.75. The molecule has 1 aliphatic rings. The van der Waals surface area contributed by atoms with E-state index in [1.54, 1.807) is 0 Å². The fraction of sp³-hybridized carbons (Fsp3) is 0.667. The molecule has 0 amide bonds. The molecule has 20 heavy (non-hydrogen) atoms. The predicted octanol–water partition coefficient (Wildman–Crippen LogP) is 3.57. The summed E-state index contributed by atoms with van der Waals surface area (Å²) in [5, 5.41) is 13.4. The molecule has 2 nitrogen and oxygen atoms in total. The average Bonchev–Trinajstić information content (AvgIpc) is 2.97. The van der Waals surface area contributed by atoms with E-state index in [1.807, 2.05) is 0 Å². The number of aliphatic hydroxyl groups is 1. The predicted molar refractivity (Wildman–Crippen MR) is 84.9 cm³/mol. The Kier molecular flexibility index (Phi) is 5.62. The zero-order valence-electron chi connectivity index (χ0n) is 12.9. The number of rotatable bonds is 7. The van der Waals surface area contributed by atoms with Crippen molar-refractivity contribution in [2.24, 2.45) is 11.3 Å². The first-order valence-corrected chi connectivity index (χ1v) is 8.00. The van der Waals surface area contributed by atoms with Gasteiger partial charge in [-0.05, 0) is 36.3 Å². The Labute approximate surface area is 123 Å². The molecule has 2 N–H and O–H groups in total. The number of nitrogens with one attached hydrogen (secondary N) is 1. The van der Waals surface area contributed by atoms with Gasteiger partial charge in [0.1, 0.15) is 0 Å². The second-order valence-electron chi connectivity index (χ2n) is 6.92. The summed E-state index contributed by atoms with van der Waals surface area (Å²) < 4.78 is 0. The fourth-order valence-corrected chi connectivity index (χ4v) is 3.29. The van der Waals surface area contributed by atoms with Crippen molar-refractivity contribution in [1.82, 2.24) is 5.32 Å². The van der Waals surface area contributed by atoms with E-state index in [9.17, 15) is 5.11 Å². The van der Waals surface area contributed by atoms with E-state index < -0.39 is 0 Å². The Balaban J connectivity index is 1.96. The Morgan fingerprint density at radius 1 is 1.20 bits per heavy atom. The molecule has 1 saturated carbocycles. The van der Waals surface area contributed by atoms with Crippen LogP contribution in [0.4, 0.5) is 0 Å². The van der Waals surface area contributed by atoms with Crippen LogP contribution in [0.1, 0.15) is 51.0 Å². The highest BCUT2D eigenvalue weighted by Gasteiger charge is 2.30. The van der Waals surface area contributed by atoms with Crippen LogP contribution >= 0.6 is 0 Å². The van der Waals surface area contributed by atoms with E-state index in [0.29, 0.717) is 5.92 Å². The maximum absolute atomic E-state index is 9.71. The van der Waals surface area contributed by atoms with Gasteiger partial charge in [0.15, 0.2) is 0 Å². The maximum Gasteiger partial charge on any atom is 0.0488 e. The minimum Gasteiger partial charge on any atom is -0.396 e. The van der Waals surface area contributed by atoms with Crippen LogP contribution in [0.3, 0.4) is 0 Å². The van der Waals surface area contributed by atoms with Crippen molar-refractivity contribution in [2.45, 2.75) is 45.4 Å². The van der Waals surface area contributed by atoms with Crippen molar-refractivity contribution in [3.05, 3.63) is 35.9 Å². The zero-order chi connectivity index (χ0) is 14.4. The monoisotopic (exact) mass is 275 g/mol. The molecule has 0 aliphatic heterocycles. The molecule has 112 valence electrons. The van der Waals surface area contributed by atoms with Gasteiger partial charge in [0.2, 0.25) is 0 Å². The second kappa shape index (κ2) is 7.24. The van der Waals surface area contributed by atoms with Gasteiger partial charge in [-0.1, -0.05) is 57.0 Å². The second-order valence-corrected chi connectivity index (χ2v) is 6.92. The van der Waals surface area contributed by atoms with E-state index in [0.717, 1.165) is 19.0 Å². The van der Waals surface area contributed by atoms with Crippen molar-refractivity contribution < 1.29 is 5.11 Å². The third-order valence-electron chi connectivity index (χ3n) is 4.81. The molecule has 1 fully saturated rings. The summed E-state index contributed by atoms with van der Waals surface area (Å²) in [6.45, 7) is 6.61. The normalized spacial score (nSPS) is 18.4. The quantitative estimate of drug-likeness (QED) is 0.797. The van der Waals surface area contributed by atoms with Crippen molar-refractivity contribution in [1.29, 1.82) is 0 Å². The lowest BCUT2D eigenvalue weighted by Gasteiger charge is -2.33. The van der Waals surface area contributed by atoms with Crippen molar-refractivity contribution in [3.63, 3.8) is 0 Å².